The summed E-state index contributed by atoms with van der Waals surface area (Å²) in [5.74, 6) is -3.50. The summed E-state index contributed by atoms with van der Waals surface area (Å²) in [5, 5.41) is 6.71. The highest BCUT2D eigenvalue weighted by atomic mass is 19.1. The molecule has 2 bridgehead atoms. The molecule has 49 heavy (non-hydrogen) atoms. The van der Waals surface area contributed by atoms with Crippen molar-refractivity contribution >= 4 is 23.7 Å². The van der Waals surface area contributed by atoms with E-state index in [9.17, 15) is 28.0 Å². The average molecular weight is 687 g/mol. The van der Waals surface area contributed by atoms with Gasteiger partial charge in [0.2, 0.25) is 18.0 Å². The van der Waals surface area contributed by atoms with Crippen LogP contribution in [0.25, 0.3) is 0 Å². The van der Waals surface area contributed by atoms with Crippen LogP contribution in [-0.2, 0) is 20.9 Å². The quantitative estimate of drug-likeness (QED) is 0.145. The van der Waals surface area contributed by atoms with Gasteiger partial charge in [0.15, 0.2) is 11.3 Å². The molecule has 3 aliphatic rings. The van der Waals surface area contributed by atoms with Crippen molar-refractivity contribution in [1.82, 2.24) is 14.8 Å². The maximum atomic E-state index is 14.3. The number of oxime groups is 1. The number of amides is 2. The number of ether oxygens (including phenoxy) is 3. The summed E-state index contributed by atoms with van der Waals surface area (Å²) in [4.78, 5) is 61.4. The second-order valence-corrected chi connectivity index (χ2v) is 13.0. The first kappa shape index (κ1) is 35.8. The van der Waals surface area contributed by atoms with Gasteiger partial charge in [-0.2, -0.15) is 0 Å². The molecule has 0 unspecified atom stereocenters. The Morgan fingerprint density at radius 3 is 2.57 bits per heavy atom. The van der Waals surface area contributed by atoms with Crippen LogP contribution in [0.4, 0.5) is 13.6 Å². The smallest absolute Gasteiger partial charge is 0.451 e. The Hall–Kier alpha value is -4.49. The Morgan fingerprint density at radius 1 is 1.10 bits per heavy atom. The predicted octanol–water partition coefficient (Wildman–Crippen LogP) is 6.01. The van der Waals surface area contributed by atoms with Crippen molar-refractivity contribution in [2.75, 3.05) is 19.9 Å². The molecule has 14 heteroatoms. The molecule has 3 aliphatic heterocycles. The Bertz CT molecular complexity index is 1650. The van der Waals surface area contributed by atoms with Crippen LogP contribution in [0.3, 0.4) is 0 Å². The zero-order chi connectivity index (χ0) is 35.1. The van der Waals surface area contributed by atoms with E-state index in [1.165, 1.54) is 36.1 Å². The van der Waals surface area contributed by atoms with Crippen LogP contribution in [0.5, 0.6) is 5.75 Å². The monoisotopic (exact) mass is 686 g/mol. The summed E-state index contributed by atoms with van der Waals surface area (Å²) >= 11 is 0. The lowest BCUT2D eigenvalue weighted by Crippen LogP contribution is -2.52. The van der Waals surface area contributed by atoms with E-state index in [4.69, 9.17) is 19.0 Å². The maximum absolute atomic E-state index is 14.3. The molecule has 1 spiro atoms. The molecule has 1 N–H and O–H groups in total. The maximum Gasteiger partial charge on any atom is 0.511 e. The number of aromatic nitrogens is 1. The number of carbonyl (C=O) groups excluding carboxylic acids is 3. The lowest BCUT2D eigenvalue weighted by Gasteiger charge is -2.42. The van der Waals surface area contributed by atoms with Crippen molar-refractivity contribution in [2.24, 2.45) is 5.16 Å². The molecular formula is C35H44F2N4O8. The van der Waals surface area contributed by atoms with E-state index in [2.05, 4.69) is 17.4 Å². The van der Waals surface area contributed by atoms with Gasteiger partial charge in [0.25, 0.3) is 11.8 Å². The molecule has 4 heterocycles. The van der Waals surface area contributed by atoms with E-state index in [-0.39, 0.29) is 37.0 Å². The summed E-state index contributed by atoms with van der Waals surface area (Å²) < 4.78 is 45.2. The molecule has 0 aliphatic carbocycles. The topological polar surface area (TPSA) is 138 Å². The van der Waals surface area contributed by atoms with Crippen LogP contribution in [0, 0.1) is 11.6 Å². The van der Waals surface area contributed by atoms with Crippen LogP contribution in [-0.4, -0.2) is 64.7 Å². The number of pyridine rings is 1. The minimum absolute atomic E-state index is 0.00204. The number of fused-ring (bicyclic) bond motifs is 5. The van der Waals surface area contributed by atoms with Gasteiger partial charge in [0, 0.05) is 43.4 Å². The molecule has 12 nitrogen and oxygen atoms in total. The van der Waals surface area contributed by atoms with Crippen molar-refractivity contribution in [3.63, 3.8) is 0 Å². The number of nitrogens with one attached hydrogen (secondary N) is 1. The van der Waals surface area contributed by atoms with E-state index < -0.39 is 64.8 Å². The van der Waals surface area contributed by atoms with Gasteiger partial charge in [0.05, 0.1) is 18.4 Å². The van der Waals surface area contributed by atoms with E-state index >= 15 is 0 Å². The fourth-order valence-electron chi connectivity index (χ4n) is 6.73. The van der Waals surface area contributed by atoms with E-state index in [0.29, 0.717) is 31.7 Å². The number of nitrogens with zero attached hydrogens (tertiary/aromatic N) is 3. The van der Waals surface area contributed by atoms with Gasteiger partial charge < -0.3 is 33.8 Å². The van der Waals surface area contributed by atoms with Crippen LogP contribution >= 0.6 is 0 Å². The predicted molar refractivity (Wildman–Crippen MR) is 174 cm³/mol. The van der Waals surface area contributed by atoms with Gasteiger partial charge in [-0.15, -0.1) is 0 Å². The fraction of sp³-hybridized carbons (Fsp3) is 0.571. The number of halogens is 2. The average Bonchev–Trinajstić information content (AvgIpc) is 3.40. The Balaban J connectivity index is 1.39. The molecule has 0 radical (unpaired) electrons. The minimum atomic E-state index is -1.00. The highest BCUT2D eigenvalue weighted by molar-refractivity contribution is 5.99. The summed E-state index contributed by atoms with van der Waals surface area (Å²) in [6.45, 7) is 5.18. The molecule has 266 valence electrons. The number of rotatable bonds is 14. The second-order valence-electron chi connectivity index (χ2n) is 13.0. The highest BCUT2D eigenvalue weighted by Crippen LogP contribution is 2.46. The zero-order valence-electron chi connectivity index (χ0n) is 28.2. The largest absolute Gasteiger partial charge is 0.511 e. The van der Waals surface area contributed by atoms with E-state index in [1.807, 2.05) is 13.8 Å². The van der Waals surface area contributed by atoms with Gasteiger partial charge in [-0.25, -0.2) is 13.6 Å². The first-order chi connectivity index (χ1) is 23.5. The molecule has 2 aromatic rings. The Morgan fingerprint density at radius 2 is 1.86 bits per heavy atom. The number of unbranched alkanes of at least 4 members (excludes halogenated alkanes) is 6. The van der Waals surface area contributed by atoms with Crippen LogP contribution in [0.2, 0.25) is 0 Å². The van der Waals surface area contributed by atoms with Crippen molar-refractivity contribution < 1.29 is 42.2 Å². The lowest BCUT2D eigenvalue weighted by molar-refractivity contribution is -0.0658. The van der Waals surface area contributed by atoms with Crippen LogP contribution in [0.1, 0.15) is 117 Å². The lowest BCUT2D eigenvalue weighted by atomic mass is 9.84. The molecule has 3 atom stereocenters. The number of carbonyl (C=O) groups is 3. The number of benzene rings is 1. The van der Waals surface area contributed by atoms with Gasteiger partial charge in [-0.1, -0.05) is 56.7 Å². The van der Waals surface area contributed by atoms with E-state index in [1.54, 1.807) is 4.90 Å². The number of hydrogen-bond donors (Lipinski definition) is 1. The first-order valence-electron chi connectivity index (χ1n) is 17.0. The van der Waals surface area contributed by atoms with Crippen molar-refractivity contribution in [1.29, 1.82) is 0 Å². The van der Waals surface area contributed by atoms with Crippen LogP contribution in [0.15, 0.2) is 34.3 Å². The SMILES string of the molecule is CCCCCCCCCOC(=O)OCOc1c2n(cc(C(=O)NCc3ccc(F)cc3F)c1=O)[C@@H]1CN(C2=O)[C@@H](C)CC[C@]12CC(C)=NO2. The van der Waals surface area contributed by atoms with Gasteiger partial charge in [-0.05, 0) is 39.2 Å². The molecule has 0 saturated carbocycles. The third kappa shape index (κ3) is 8.05. The standard InChI is InChI=1S/C35H44F2N4O8/c1-4-5-6-7-8-9-10-15-46-34(45)48-21-47-31-29-33(44)40-20-28(35(14-13-23(40)3)17-22(2)39-49-35)41(29)19-26(30(31)42)32(43)38-18-24-11-12-25(36)16-27(24)37/h11-12,16,19,23,28H,4-10,13-15,17-18,20-21H2,1-3H3,(H,38,43)/t23-,28+,35-/m0/s1. The van der Waals surface area contributed by atoms with Gasteiger partial charge in [-0.3, -0.25) is 14.4 Å². The third-order valence-corrected chi connectivity index (χ3v) is 9.47. The summed E-state index contributed by atoms with van der Waals surface area (Å²) in [6, 6.07) is 2.16. The Labute approximate surface area is 283 Å². The minimum Gasteiger partial charge on any atom is -0.451 e. The molecule has 5 rings (SSSR count). The van der Waals surface area contributed by atoms with E-state index in [0.717, 1.165) is 31.0 Å². The molecule has 1 aromatic heterocycles. The number of hydrogen-bond acceptors (Lipinski definition) is 9. The van der Waals surface area contributed by atoms with Crippen molar-refractivity contribution in [3.8, 4) is 5.75 Å². The summed E-state index contributed by atoms with van der Waals surface area (Å²) in [7, 11) is 0. The normalized spacial score (nSPS) is 21.0. The molecule has 2 amide bonds. The van der Waals surface area contributed by atoms with Crippen molar-refractivity contribution in [2.45, 2.75) is 109 Å². The molecule has 1 aromatic carbocycles. The molecule has 1 saturated heterocycles. The Kier molecular flexibility index (Phi) is 11.6. The summed E-state index contributed by atoms with van der Waals surface area (Å²) in [6.07, 6.45) is 9.19. The molecular weight excluding hydrogens is 642 g/mol. The van der Waals surface area contributed by atoms with Crippen LogP contribution < -0.4 is 15.5 Å². The molecule has 1 fully saturated rings. The van der Waals surface area contributed by atoms with Crippen molar-refractivity contribution in [3.05, 3.63) is 63.1 Å². The fourth-order valence-corrected chi connectivity index (χ4v) is 6.73. The highest BCUT2D eigenvalue weighted by Gasteiger charge is 2.54. The zero-order valence-corrected chi connectivity index (χ0v) is 28.2. The first-order valence-corrected chi connectivity index (χ1v) is 17.0. The van der Waals surface area contributed by atoms with Gasteiger partial charge in [0.1, 0.15) is 17.2 Å². The third-order valence-electron chi connectivity index (χ3n) is 9.47. The second kappa shape index (κ2) is 15.8. The summed E-state index contributed by atoms with van der Waals surface area (Å²) in [5.41, 5.74) is -1.55. The van der Waals surface area contributed by atoms with Gasteiger partial charge >= 0.3 is 6.16 Å².